The fourth-order valence-electron chi connectivity index (χ4n) is 4.88. The monoisotopic (exact) mass is 597 g/mol. The van der Waals surface area contributed by atoms with Crippen LogP contribution in [-0.2, 0) is 14.8 Å². The number of nitrogens with one attached hydrogen (secondary N) is 1. The molecule has 4 heterocycles. The Balaban J connectivity index is 1.57. The molecule has 2 atom stereocenters. The fourth-order valence-corrected chi connectivity index (χ4v) is 7.06. The van der Waals surface area contributed by atoms with Crippen molar-refractivity contribution < 1.29 is 26.7 Å². The Morgan fingerprint density at radius 1 is 1.20 bits per heavy atom. The molecular formula is C25H33F2N7O4S2. The lowest BCUT2D eigenvalue weighted by Crippen LogP contribution is -2.59. The van der Waals surface area contributed by atoms with E-state index in [-0.39, 0.29) is 22.0 Å². The summed E-state index contributed by atoms with van der Waals surface area (Å²) in [7, 11) is -3.93. The number of alkyl halides is 2. The summed E-state index contributed by atoms with van der Waals surface area (Å²) < 4.78 is 63.4. The number of ether oxygens (including phenoxy) is 1. The van der Waals surface area contributed by atoms with Crippen LogP contribution < -0.4 is 9.62 Å². The van der Waals surface area contributed by atoms with Gasteiger partial charge < -0.3 is 9.64 Å². The summed E-state index contributed by atoms with van der Waals surface area (Å²) in [6, 6.07) is 1.06. The lowest BCUT2D eigenvalue weighted by molar-refractivity contribution is 0.00567. The Hall–Kier alpha value is -2.91. The highest BCUT2D eigenvalue weighted by molar-refractivity contribution is 7.89. The lowest BCUT2D eigenvalue weighted by atomic mass is 10.1. The highest BCUT2D eigenvalue weighted by Gasteiger charge is 2.42. The number of fused-ring (bicyclic) bond motifs is 1. The van der Waals surface area contributed by atoms with Crippen molar-refractivity contribution in [3.05, 3.63) is 23.5 Å². The van der Waals surface area contributed by atoms with Gasteiger partial charge in [-0.3, -0.25) is 9.30 Å². The summed E-state index contributed by atoms with van der Waals surface area (Å²) in [6.07, 6.45) is 1.20. The molecule has 3 aromatic heterocycles. The zero-order valence-corrected chi connectivity index (χ0v) is 24.8. The van der Waals surface area contributed by atoms with E-state index in [0.717, 1.165) is 24.2 Å². The lowest BCUT2D eigenvalue weighted by Gasteiger charge is -2.45. The summed E-state index contributed by atoms with van der Waals surface area (Å²) in [5.41, 5.74) is 0.180. The summed E-state index contributed by atoms with van der Waals surface area (Å²) in [4.78, 5) is 21.2. The number of piperazine rings is 1. The second kappa shape index (κ2) is 9.87. The van der Waals surface area contributed by atoms with Crippen LogP contribution in [0.15, 0.2) is 23.4 Å². The Bertz CT molecular complexity index is 1530. The first-order chi connectivity index (χ1) is 18.6. The number of carbonyl (C=O) groups is 1. The number of halogens is 2. The number of rotatable bonds is 6. The van der Waals surface area contributed by atoms with Crippen LogP contribution in [0.2, 0.25) is 0 Å². The molecule has 0 spiro atoms. The molecule has 15 heteroatoms. The van der Waals surface area contributed by atoms with Gasteiger partial charge in [-0.25, -0.2) is 31.7 Å². The van der Waals surface area contributed by atoms with Gasteiger partial charge in [0.2, 0.25) is 10.0 Å². The first-order valence-electron chi connectivity index (χ1n) is 13.0. The number of amides is 1. The number of sulfonamides is 1. The van der Waals surface area contributed by atoms with Crippen LogP contribution in [0.4, 0.5) is 19.3 Å². The van der Waals surface area contributed by atoms with E-state index in [4.69, 9.17) is 4.74 Å². The molecule has 1 saturated carbocycles. The minimum atomic E-state index is -3.93. The minimum Gasteiger partial charge on any atom is -0.444 e. The molecule has 1 aliphatic heterocycles. The molecule has 5 rings (SSSR count). The van der Waals surface area contributed by atoms with E-state index in [1.165, 1.54) is 12.4 Å². The number of carbonyl (C=O) groups excluding carboxylic acids is 1. The van der Waals surface area contributed by atoms with Crippen LogP contribution in [0.25, 0.3) is 16.3 Å². The Morgan fingerprint density at radius 2 is 1.85 bits per heavy atom. The third-order valence-corrected chi connectivity index (χ3v) is 9.52. The molecule has 0 radical (unpaired) electrons. The van der Waals surface area contributed by atoms with Crippen LogP contribution in [-0.4, -0.2) is 75.3 Å². The van der Waals surface area contributed by atoms with Crippen molar-refractivity contribution in [3.63, 3.8) is 0 Å². The molecule has 218 valence electrons. The Morgan fingerprint density at radius 3 is 2.40 bits per heavy atom. The molecule has 0 aromatic carbocycles. The second-order valence-corrected chi connectivity index (χ2v) is 14.5. The third-order valence-electron chi connectivity index (χ3n) is 6.96. The topological polar surface area (TPSA) is 122 Å². The molecule has 1 saturated heterocycles. The number of hydrogen-bond donors (Lipinski definition) is 1. The average Bonchev–Trinajstić information content (AvgIpc) is 3.21. The zero-order chi connectivity index (χ0) is 29.2. The van der Waals surface area contributed by atoms with Gasteiger partial charge in [-0.1, -0.05) is 11.3 Å². The van der Waals surface area contributed by atoms with E-state index in [9.17, 15) is 22.0 Å². The SMILES string of the molecule is C[C@H]1CN(c2cc(S(=O)(=O)NC3(C)CC3)cn3c(-c4nnc(C(F)F)s4)cnc23)C[C@H](C)N1C(=O)OC(C)(C)C. The number of imidazole rings is 1. The van der Waals surface area contributed by atoms with Gasteiger partial charge in [0.1, 0.15) is 16.2 Å². The van der Waals surface area contributed by atoms with E-state index in [1.807, 2.05) is 46.4 Å². The molecule has 2 aliphatic rings. The zero-order valence-electron chi connectivity index (χ0n) is 23.2. The summed E-state index contributed by atoms with van der Waals surface area (Å²) >= 11 is 0.727. The van der Waals surface area contributed by atoms with Crippen LogP contribution in [0.5, 0.6) is 0 Å². The third kappa shape index (κ3) is 5.63. The van der Waals surface area contributed by atoms with E-state index >= 15 is 0 Å². The number of pyridine rings is 1. The van der Waals surface area contributed by atoms with E-state index in [2.05, 4.69) is 19.9 Å². The van der Waals surface area contributed by atoms with E-state index in [0.29, 0.717) is 30.1 Å². The number of anilines is 1. The summed E-state index contributed by atoms with van der Waals surface area (Å²) in [5, 5.41) is 7.25. The predicted molar refractivity (Wildman–Crippen MR) is 146 cm³/mol. The van der Waals surface area contributed by atoms with Gasteiger partial charge >= 0.3 is 6.09 Å². The molecule has 2 fully saturated rings. The number of nitrogens with zero attached hydrogens (tertiary/aromatic N) is 6. The van der Waals surface area contributed by atoms with Crippen molar-refractivity contribution >= 4 is 38.8 Å². The van der Waals surface area contributed by atoms with Gasteiger partial charge in [0.05, 0.1) is 24.0 Å². The second-order valence-electron chi connectivity index (χ2n) is 11.8. The van der Waals surface area contributed by atoms with Crippen molar-refractivity contribution in [3.8, 4) is 10.7 Å². The van der Waals surface area contributed by atoms with Crippen LogP contribution in [0.1, 0.15) is 65.8 Å². The van der Waals surface area contributed by atoms with Gasteiger partial charge in [-0.2, -0.15) is 0 Å². The number of hydrogen-bond acceptors (Lipinski definition) is 9. The van der Waals surface area contributed by atoms with Crippen molar-refractivity contribution in [2.75, 3.05) is 18.0 Å². The van der Waals surface area contributed by atoms with E-state index < -0.39 is 38.7 Å². The largest absolute Gasteiger partial charge is 0.444 e. The molecule has 11 nitrogen and oxygen atoms in total. The van der Waals surface area contributed by atoms with Gasteiger partial charge in [0.25, 0.3) is 6.43 Å². The minimum absolute atomic E-state index is 0.0100. The summed E-state index contributed by atoms with van der Waals surface area (Å²) in [5.74, 6) is 0. The fraction of sp³-hybridized carbons (Fsp3) is 0.600. The van der Waals surface area contributed by atoms with Crippen molar-refractivity contribution in [1.29, 1.82) is 0 Å². The Kier molecular flexibility index (Phi) is 7.06. The molecule has 1 aliphatic carbocycles. The highest BCUT2D eigenvalue weighted by atomic mass is 32.2. The summed E-state index contributed by atoms with van der Waals surface area (Å²) in [6.45, 7) is 11.9. The van der Waals surface area contributed by atoms with Gasteiger partial charge in [-0.05, 0) is 60.5 Å². The average molecular weight is 598 g/mol. The maximum Gasteiger partial charge on any atom is 0.410 e. The molecule has 0 unspecified atom stereocenters. The standard InChI is InChI=1S/C25H33F2N7O4S2/c1-14-11-32(12-15(2)34(14)23(35)38-24(3,4)5)17-9-16(40(36,37)31-25(6)7-8-25)13-33-18(10-28-20(17)33)21-29-30-22(39-21)19(26)27/h9-10,13-15,19,31H,7-8,11-12H2,1-6H3/t14-,15-/m0/s1. The quantitative estimate of drug-likeness (QED) is 0.442. The maximum atomic E-state index is 13.5. The smallest absolute Gasteiger partial charge is 0.410 e. The van der Waals surface area contributed by atoms with Crippen LogP contribution >= 0.6 is 11.3 Å². The van der Waals surface area contributed by atoms with E-state index in [1.54, 1.807) is 15.4 Å². The molecule has 1 N–H and O–H groups in total. The maximum absolute atomic E-state index is 13.5. The van der Waals surface area contributed by atoms with Gasteiger partial charge in [0, 0.05) is 24.8 Å². The predicted octanol–water partition coefficient (Wildman–Crippen LogP) is 4.46. The highest BCUT2D eigenvalue weighted by Crippen LogP contribution is 2.38. The van der Waals surface area contributed by atoms with Crippen molar-refractivity contribution in [2.24, 2.45) is 0 Å². The van der Waals surface area contributed by atoms with Crippen LogP contribution in [0, 0.1) is 0 Å². The van der Waals surface area contributed by atoms with Crippen molar-refractivity contribution in [2.45, 2.75) is 88.9 Å². The molecule has 0 bridgehead atoms. The molecule has 1 amide bonds. The first-order valence-corrected chi connectivity index (χ1v) is 15.3. The van der Waals surface area contributed by atoms with Gasteiger partial charge in [-0.15, -0.1) is 10.2 Å². The number of aromatic nitrogens is 4. The Labute approximate surface area is 235 Å². The first kappa shape index (κ1) is 28.6. The molecular weight excluding hydrogens is 564 g/mol. The molecule has 40 heavy (non-hydrogen) atoms. The molecule has 3 aromatic rings. The normalized spacial score (nSPS) is 21.3. The van der Waals surface area contributed by atoms with Gasteiger partial charge in [0.15, 0.2) is 15.7 Å². The van der Waals surface area contributed by atoms with Crippen LogP contribution in [0.3, 0.4) is 0 Å². The van der Waals surface area contributed by atoms with Crippen molar-refractivity contribution in [1.82, 2.24) is 29.2 Å².